The summed E-state index contributed by atoms with van der Waals surface area (Å²) in [5, 5.41) is 3.62. The Balaban J connectivity index is 2.05. The van der Waals surface area contributed by atoms with E-state index in [1.54, 1.807) is 0 Å². The van der Waals surface area contributed by atoms with Gasteiger partial charge in [0.25, 0.3) is 0 Å². The third kappa shape index (κ3) is 3.90. The smallest absolute Gasteiger partial charge is 0.0573 e. The number of aryl methyl sites for hydroxylation is 1. The summed E-state index contributed by atoms with van der Waals surface area (Å²) in [7, 11) is 0. The molecule has 0 aliphatic carbocycles. The van der Waals surface area contributed by atoms with E-state index in [1.807, 2.05) is 12.3 Å². The number of halogens is 1. The van der Waals surface area contributed by atoms with Crippen molar-refractivity contribution in [2.45, 2.75) is 39.3 Å². The Hall–Kier alpha value is -1.19. The maximum atomic E-state index is 4.49. The highest BCUT2D eigenvalue weighted by molar-refractivity contribution is 9.10. The number of nitrogens with one attached hydrogen (secondary N) is 1. The molecule has 0 aliphatic rings. The number of nitrogens with zero attached hydrogens (tertiary/aromatic N) is 1. The highest BCUT2D eigenvalue weighted by atomic mass is 79.9. The fraction of sp³-hybridized carbons (Fsp3) is 0.353. The van der Waals surface area contributed by atoms with Crippen molar-refractivity contribution in [1.29, 1.82) is 0 Å². The zero-order valence-electron chi connectivity index (χ0n) is 12.1. The summed E-state index contributed by atoms with van der Waals surface area (Å²) >= 11 is 3.48. The Morgan fingerprint density at radius 3 is 2.55 bits per heavy atom. The van der Waals surface area contributed by atoms with Crippen LogP contribution in [0.3, 0.4) is 0 Å². The summed E-state index contributed by atoms with van der Waals surface area (Å²) in [5.41, 5.74) is 3.81. The van der Waals surface area contributed by atoms with Gasteiger partial charge in [-0.05, 0) is 42.2 Å². The molecule has 1 N–H and O–H groups in total. The lowest BCUT2D eigenvalue weighted by Crippen LogP contribution is -2.21. The van der Waals surface area contributed by atoms with E-state index in [0.29, 0.717) is 6.04 Å². The van der Waals surface area contributed by atoms with Crippen molar-refractivity contribution in [1.82, 2.24) is 10.3 Å². The molecule has 1 aromatic carbocycles. The lowest BCUT2D eigenvalue weighted by atomic mass is 10.0. The number of hydrogen-bond acceptors (Lipinski definition) is 2. The second-order valence-corrected chi connectivity index (χ2v) is 5.77. The molecule has 1 atom stereocenters. The maximum Gasteiger partial charge on any atom is 0.0573 e. The second-order valence-electron chi connectivity index (χ2n) is 4.86. The lowest BCUT2D eigenvalue weighted by molar-refractivity contribution is 0.512. The Morgan fingerprint density at radius 1 is 1.15 bits per heavy atom. The molecule has 2 rings (SSSR count). The summed E-state index contributed by atoms with van der Waals surface area (Å²) in [5.74, 6) is 0. The Morgan fingerprint density at radius 2 is 1.90 bits per heavy atom. The van der Waals surface area contributed by atoms with E-state index in [0.717, 1.165) is 29.6 Å². The van der Waals surface area contributed by atoms with Crippen LogP contribution in [0.4, 0.5) is 0 Å². The van der Waals surface area contributed by atoms with E-state index in [2.05, 4.69) is 70.4 Å². The first-order valence-corrected chi connectivity index (χ1v) is 7.95. The predicted molar refractivity (Wildman–Crippen MR) is 87.6 cm³/mol. The largest absolute Gasteiger partial charge is 0.304 e. The van der Waals surface area contributed by atoms with Crippen molar-refractivity contribution in [3.8, 4) is 0 Å². The summed E-state index contributed by atoms with van der Waals surface area (Å²) < 4.78 is 1.12. The Labute approximate surface area is 129 Å². The number of pyridine rings is 1. The maximum absolute atomic E-state index is 4.49. The molecule has 3 heteroatoms. The standard InChI is InChI=1S/C17H21BrN2/c1-3-13-6-5-11-19-17(13)12-20-16(4-2)14-7-9-15(18)10-8-14/h5-11,16,20H,3-4,12H2,1-2H3. The molecule has 20 heavy (non-hydrogen) atoms. The molecular weight excluding hydrogens is 312 g/mol. The van der Waals surface area contributed by atoms with Crippen molar-refractivity contribution in [2.75, 3.05) is 0 Å². The molecule has 0 bridgehead atoms. The van der Waals surface area contributed by atoms with Gasteiger partial charge in [-0.3, -0.25) is 4.98 Å². The summed E-state index contributed by atoms with van der Waals surface area (Å²) in [6, 6.07) is 13.1. The van der Waals surface area contributed by atoms with Gasteiger partial charge in [0.05, 0.1) is 5.69 Å². The van der Waals surface area contributed by atoms with Crippen molar-refractivity contribution >= 4 is 15.9 Å². The predicted octanol–water partition coefficient (Wildman–Crippen LogP) is 4.65. The highest BCUT2D eigenvalue weighted by Crippen LogP contribution is 2.20. The van der Waals surface area contributed by atoms with Crippen LogP contribution in [0.15, 0.2) is 47.1 Å². The molecule has 0 saturated heterocycles. The van der Waals surface area contributed by atoms with Crippen molar-refractivity contribution in [3.05, 3.63) is 63.9 Å². The van der Waals surface area contributed by atoms with Crippen LogP contribution < -0.4 is 5.32 Å². The van der Waals surface area contributed by atoms with E-state index in [9.17, 15) is 0 Å². The quantitative estimate of drug-likeness (QED) is 0.832. The first kappa shape index (κ1) is 15.2. The van der Waals surface area contributed by atoms with Gasteiger partial charge >= 0.3 is 0 Å². The second kappa shape index (κ2) is 7.55. The minimum Gasteiger partial charge on any atom is -0.304 e. The third-order valence-electron chi connectivity index (χ3n) is 3.56. The van der Waals surface area contributed by atoms with E-state index in [4.69, 9.17) is 0 Å². The van der Waals surface area contributed by atoms with Gasteiger partial charge in [0, 0.05) is 23.3 Å². The van der Waals surface area contributed by atoms with E-state index < -0.39 is 0 Å². The topological polar surface area (TPSA) is 24.9 Å². The van der Waals surface area contributed by atoms with Gasteiger partial charge in [-0.25, -0.2) is 0 Å². The van der Waals surface area contributed by atoms with Gasteiger partial charge < -0.3 is 5.32 Å². The Bertz CT molecular complexity index is 537. The van der Waals surface area contributed by atoms with Crippen molar-refractivity contribution in [2.24, 2.45) is 0 Å². The zero-order valence-corrected chi connectivity index (χ0v) is 13.7. The lowest BCUT2D eigenvalue weighted by Gasteiger charge is -2.18. The van der Waals surface area contributed by atoms with Crippen LogP contribution in [0.25, 0.3) is 0 Å². The van der Waals surface area contributed by atoms with Crippen LogP contribution in [0.2, 0.25) is 0 Å². The van der Waals surface area contributed by atoms with Crippen LogP contribution in [-0.4, -0.2) is 4.98 Å². The summed E-state index contributed by atoms with van der Waals surface area (Å²) in [4.78, 5) is 4.49. The first-order valence-electron chi connectivity index (χ1n) is 7.16. The van der Waals surface area contributed by atoms with Gasteiger partial charge in [-0.15, -0.1) is 0 Å². The first-order chi connectivity index (χ1) is 9.74. The van der Waals surface area contributed by atoms with Crippen LogP contribution in [0.5, 0.6) is 0 Å². The van der Waals surface area contributed by atoms with Crippen molar-refractivity contribution < 1.29 is 0 Å². The average molecular weight is 333 g/mol. The molecule has 0 saturated carbocycles. The molecule has 106 valence electrons. The van der Waals surface area contributed by atoms with Gasteiger partial charge in [0.1, 0.15) is 0 Å². The highest BCUT2D eigenvalue weighted by Gasteiger charge is 2.10. The van der Waals surface area contributed by atoms with Crippen LogP contribution in [-0.2, 0) is 13.0 Å². The van der Waals surface area contributed by atoms with Gasteiger partial charge in [0.15, 0.2) is 0 Å². The van der Waals surface area contributed by atoms with Gasteiger partial charge in [-0.1, -0.05) is 48.0 Å². The molecule has 0 spiro atoms. The van der Waals surface area contributed by atoms with E-state index in [-0.39, 0.29) is 0 Å². The molecule has 0 radical (unpaired) electrons. The molecular formula is C17H21BrN2. The minimum absolute atomic E-state index is 0.370. The third-order valence-corrected chi connectivity index (χ3v) is 4.09. The number of hydrogen-bond donors (Lipinski definition) is 1. The monoisotopic (exact) mass is 332 g/mol. The normalized spacial score (nSPS) is 12.3. The van der Waals surface area contributed by atoms with Crippen molar-refractivity contribution in [3.63, 3.8) is 0 Å². The van der Waals surface area contributed by atoms with E-state index >= 15 is 0 Å². The fourth-order valence-corrected chi connectivity index (χ4v) is 2.63. The molecule has 0 fully saturated rings. The molecule has 1 unspecified atom stereocenters. The SMILES string of the molecule is CCc1cccnc1CNC(CC)c1ccc(Br)cc1. The van der Waals surface area contributed by atoms with Crippen LogP contribution >= 0.6 is 15.9 Å². The average Bonchev–Trinajstić information content (AvgIpc) is 2.50. The van der Waals surface area contributed by atoms with Gasteiger partial charge in [-0.2, -0.15) is 0 Å². The molecule has 0 aliphatic heterocycles. The number of rotatable bonds is 6. The van der Waals surface area contributed by atoms with E-state index in [1.165, 1.54) is 11.1 Å². The summed E-state index contributed by atoms with van der Waals surface area (Å²) in [6.07, 6.45) is 3.96. The fourth-order valence-electron chi connectivity index (χ4n) is 2.37. The Kier molecular flexibility index (Phi) is 5.74. The molecule has 1 heterocycles. The number of benzene rings is 1. The summed E-state index contributed by atoms with van der Waals surface area (Å²) in [6.45, 7) is 5.20. The molecule has 2 nitrogen and oxygen atoms in total. The molecule has 2 aromatic rings. The van der Waals surface area contributed by atoms with Crippen LogP contribution in [0, 0.1) is 0 Å². The number of aromatic nitrogens is 1. The van der Waals surface area contributed by atoms with Gasteiger partial charge in [0.2, 0.25) is 0 Å². The van der Waals surface area contributed by atoms with Crippen LogP contribution in [0.1, 0.15) is 43.1 Å². The molecule has 0 amide bonds. The minimum atomic E-state index is 0.370. The molecule has 1 aromatic heterocycles. The zero-order chi connectivity index (χ0) is 14.4.